The zero-order chi connectivity index (χ0) is 18.2. The van der Waals surface area contributed by atoms with Crippen LogP contribution in [0.15, 0.2) is 48.5 Å². The quantitative estimate of drug-likeness (QED) is 0.733. The first-order valence-electron chi connectivity index (χ1n) is 10.1. The number of hydrogen-bond acceptors (Lipinski definition) is 4. The lowest BCUT2D eigenvalue weighted by molar-refractivity contribution is 0.138. The molecule has 6 heteroatoms. The van der Waals surface area contributed by atoms with E-state index in [1.807, 2.05) is 0 Å². The van der Waals surface area contributed by atoms with Gasteiger partial charge in [-0.1, -0.05) is 25.1 Å². The van der Waals surface area contributed by atoms with Crippen molar-refractivity contribution in [2.45, 2.75) is 19.4 Å². The number of nitrogens with zero attached hydrogens (tertiary/aromatic N) is 4. The first-order chi connectivity index (χ1) is 13.3. The number of nitrogens with one attached hydrogen (secondary N) is 1. The Hall–Kier alpha value is -2.08. The van der Waals surface area contributed by atoms with Crippen LogP contribution in [-0.4, -0.2) is 60.0 Å². The SMILES string of the molecule is CCc1nn(-c2ccccc2)c2cc(N3CCN(C4CNC4)CC3)ccc12.Cl. The zero-order valence-electron chi connectivity index (χ0n) is 16.3. The molecule has 5 nitrogen and oxygen atoms in total. The molecule has 2 aromatic carbocycles. The second-order valence-corrected chi connectivity index (χ2v) is 7.58. The highest BCUT2D eigenvalue weighted by atomic mass is 35.5. The molecule has 3 heterocycles. The van der Waals surface area contributed by atoms with Crippen LogP contribution >= 0.6 is 12.4 Å². The molecule has 2 aliphatic rings. The van der Waals surface area contributed by atoms with Crippen LogP contribution in [0.4, 0.5) is 5.69 Å². The van der Waals surface area contributed by atoms with Crippen molar-refractivity contribution >= 4 is 29.0 Å². The van der Waals surface area contributed by atoms with Gasteiger partial charge in [0.2, 0.25) is 0 Å². The topological polar surface area (TPSA) is 36.3 Å². The number of aryl methyl sites for hydroxylation is 1. The summed E-state index contributed by atoms with van der Waals surface area (Å²) in [4.78, 5) is 5.16. The van der Waals surface area contributed by atoms with Crippen molar-refractivity contribution in [3.63, 3.8) is 0 Å². The smallest absolute Gasteiger partial charge is 0.0764 e. The zero-order valence-corrected chi connectivity index (χ0v) is 17.2. The number of piperazine rings is 1. The molecule has 0 radical (unpaired) electrons. The maximum absolute atomic E-state index is 4.90. The predicted octanol–water partition coefficient (Wildman–Crippen LogP) is 3.10. The van der Waals surface area contributed by atoms with Gasteiger partial charge in [-0.05, 0) is 36.8 Å². The van der Waals surface area contributed by atoms with E-state index in [9.17, 15) is 0 Å². The van der Waals surface area contributed by atoms with Gasteiger partial charge in [0, 0.05) is 56.4 Å². The van der Waals surface area contributed by atoms with E-state index < -0.39 is 0 Å². The maximum Gasteiger partial charge on any atom is 0.0764 e. The van der Waals surface area contributed by atoms with Crippen LogP contribution in [0.25, 0.3) is 16.6 Å². The number of fused-ring (bicyclic) bond motifs is 1. The minimum atomic E-state index is 0. The van der Waals surface area contributed by atoms with Crippen molar-refractivity contribution < 1.29 is 0 Å². The van der Waals surface area contributed by atoms with Crippen molar-refractivity contribution in [2.75, 3.05) is 44.2 Å². The Morgan fingerprint density at radius 1 is 0.964 bits per heavy atom. The van der Waals surface area contributed by atoms with Gasteiger partial charge in [-0.15, -0.1) is 12.4 Å². The first-order valence-corrected chi connectivity index (χ1v) is 10.1. The summed E-state index contributed by atoms with van der Waals surface area (Å²) >= 11 is 0. The van der Waals surface area contributed by atoms with E-state index in [4.69, 9.17) is 5.10 Å². The first kappa shape index (κ1) is 19.2. The van der Waals surface area contributed by atoms with Gasteiger partial charge < -0.3 is 10.2 Å². The molecular weight excluding hydrogens is 370 g/mol. The Kier molecular flexibility index (Phi) is 5.58. The van der Waals surface area contributed by atoms with Crippen LogP contribution in [0.3, 0.4) is 0 Å². The molecule has 28 heavy (non-hydrogen) atoms. The fourth-order valence-electron chi connectivity index (χ4n) is 4.27. The number of benzene rings is 2. The predicted molar refractivity (Wildman–Crippen MR) is 118 cm³/mol. The number of rotatable bonds is 4. The van der Waals surface area contributed by atoms with E-state index in [2.05, 4.69) is 75.3 Å². The van der Waals surface area contributed by atoms with Crippen molar-refractivity contribution in [1.82, 2.24) is 20.0 Å². The largest absolute Gasteiger partial charge is 0.369 e. The fraction of sp³-hybridized carbons (Fsp3) is 0.409. The molecule has 148 valence electrons. The van der Waals surface area contributed by atoms with Gasteiger partial charge in [-0.2, -0.15) is 5.10 Å². The summed E-state index contributed by atoms with van der Waals surface area (Å²) in [5.74, 6) is 0. The highest BCUT2D eigenvalue weighted by Gasteiger charge is 2.28. The molecule has 0 bridgehead atoms. The molecule has 0 amide bonds. The monoisotopic (exact) mass is 397 g/mol. The lowest BCUT2D eigenvalue weighted by atomic mass is 10.1. The lowest BCUT2D eigenvalue weighted by Crippen LogP contribution is -2.61. The van der Waals surface area contributed by atoms with Gasteiger partial charge in [0.1, 0.15) is 0 Å². The summed E-state index contributed by atoms with van der Waals surface area (Å²) in [6.07, 6.45) is 0.948. The Morgan fingerprint density at radius 2 is 1.71 bits per heavy atom. The van der Waals surface area contributed by atoms with E-state index in [1.165, 1.54) is 22.3 Å². The minimum Gasteiger partial charge on any atom is -0.369 e. The Morgan fingerprint density at radius 3 is 2.36 bits per heavy atom. The summed E-state index contributed by atoms with van der Waals surface area (Å²) in [6.45, 7) is 9.00. The van der Waals surface area contributed by atoms with Crippen LogP contribution in [-0.2, 0) is 6.42 Å². The van der Waals surface area contributed by atoms with Crippen LogP contribution in [0.1, 0.15) is 12.6 Å². The molecule has 5 rings (SSSR count). The lowest BCUT2D eigenvalue weighted by Gasteiger charge is -2.43. The summed E-state index contributed by atoms with van der Waals surface area (Å²) in [7, 11) is 0. The van der Waals surface area contributed by atoms with Gasteiger partial charge in [-0.25, -0.2) is 4.68 Å². The highest BCUT2D eigenvalue weighted by molar-refractivity contribution is 5.87. The van der Waals surface area contributed by atoms with Crippen molar-refractivity contribution in [3.8, 4) is 5.69 Å². The number of para-hydroxylation sites is 1. The summed E-state index contributed by atoms with van der Waals surface area (Å²) in [5.41, 5.74) is 4.82. The molecule has 0 saturated carbocycles. The average molecular weight is 398 g/mol. The third-order valence-corrected chi connectivity index (χ3v) is 6.03. The number of aromatic nitrogens is 2. The normalized spacial score (nSPS) is 18.1. The molecule has 1 N–H and O–H groups in total. The van der Waals surface area contributed by atoms with Crippen molar-refractivity contribution in [1.29, 1.82) is 0 Å². The third-order valence-electron chi connectivity index (χ3n) is 6.03. The van der Waals surface area contributed by atoms with Crippen molar-refractivity contribution in [3.05, 3.63) is 54.2 Å². The number of hydrogen-bond donors (Lipinski definition) is 1. The van der Waals surface area contributed by atoms with Crippen LogP contribution in [0.5, 0.6) is 0 Å². The number of anilines is 1. The van der Waals surface area contributed by atoms with Gasteiger partial charge in [0.15, 0.2) is 0 Å². The van der Waals surface area contributed by atoms with Gasteiger partial charge >= 0.3 is 0 Å². The van der Waals surface area contributed by atoms with Crippen LogP contribution in [0, 0.1) is 0 Å². The van der Waals surface area contributed by atoms with E-state index in [0.29, 0.717) is 0 Å². The second-order valence-electron chi connectivity index (χ2n) is 7.58. The molecule has 2 aliphatic heterocycles. The van der Waals surface area contributed by atoms with E-state index in [0.717, 1.165) is 57.4 Å². The van der Waals surface area contributed by atoms with Gasteiger partial charge in [-0.3, -0.25) is 4.90 Å². The Bertz CT molecular complexity index is 927. The number of halogens is 1. The van der Waals surface area contributed by atoms with E-state index in [-0.39, 0.29) is 12.4 Å². The maximum atomic E-state index is 4.90. The molecule has 0 unspecified atom stereocenters. The molecule has 0 spiro atoms. The molecule has 1 aromatic heterocycles. The fourth-order valence-corrected chi connectivity index (χ4v) is 4.27. The van der Waals surface area contributed by atoms with E-state index >= 15 is 0 Å². The van der Waals surface area contributed by atoms with E-state index in [1.54, 1.807) is 0 Å². The van der Waals surface area contributed by atoms with Gasteiger partial charge in [0.05, 0.1) is 16.9 Å². The average Bonchev–Trinajstić information content (AvgIpc) is 3.06. The summed E-state index contributed by atoms with van der Waals surface area (Å²) in [5, 5.41) is 9.56. The molecule has 2 fully saturated rings. The van der Waals surface area contributed by atoms with Crippen LogP contribution < -0.4 is 10.2 Å². The Labute approximate surface area is 172 Å². The molecule has 0 aliphatic carbocycles. The second kappa shape index (κ2) is 8.11. The highest BCUT2D eigenvalue weighted by Crippen LogP contribution is 2.28. The molecular formula is C22H28ClN5. The summed E-state index contributed by atoms with van der Waals surface area (Å²) < 4.78 is 2.11. The van der Waals surface area contributed by atoms with Crippen molar-refractivity contribution in [2.24, 2.45) is 0 Å². The Balaban J connectivity index is 0.00000192. The molecule has 3 aromatic rings. The third kappa shape index (κ3) is 3.39. The standard InChI is InChI=1S/C22H27N5.ClH/c1-2-21-20-9-8-18(25-10-12-26(13-11-25)19-15-23-16-19)14-22(20)27(24-21)17-6-4-3-5-7-17;/h3-9,14,19,23H,2,10-13,15-16H2,1H3;1H. The van der Waals surface area contributed by atoms with Crippen LogP contribution in [0.2, 0.25) is 0 Å². The summed E-state index contributed by atoms with van der Waals surface area (Å²) in [6, 6.07) is 18.1. The molecule has 2 saturated heterocycles. The van der Waals surface area contributed by atoms with Gasteiger partial charge in [0.25, 0.3) is 0 Å². The molecule has 0 atom stereocenters. The minimum absolute atomic E-state index is 0.